The number of hydrogen-bond donors (Lipinski definition) is 2. The number of piperidine rings is 1. The molecule has 7 heteroatoms. The number of ether oxygens (including phenoxy) is 2. The number of alkyl carbamates (subject to hydrolysis) is 1. The maximum Gasteiger partial charge on any atom is 0.410 e. The Kier molecular flexibility index (Phi) is 6.27. The van der Waals surface area contributed by atoms with E-state index in [2.05, 4.69) is 5.32 Å². The molecule has 1 fully saturated rings. The van der Waals surface area contributed by atoms with Crippen molar-refractivity contribution in [2.75, 3.05) is 13.1 Å². The first-order valence-electron chi connectivity index (χ1n) is 8.02. The Morgan fingerprint density at radius 2 is 1.70 bits per heavy atom. The SMILES string of the molecule is CC(C)(C)OC(=O)NCC1CC(O)CCN1C(=O)OC(C)(C)C. The Balaban J connectivity index is 2.63. The summed E-state index contributed by atoms with van der Waals surface area (Å²) < 4.78 is 10.6. The van der Waals surface area contributed by atoms with Crippen LogP contribution in [0.25, 0.3) is 0 Å². The minimum absolute atomic E-state index is 0.214. The van der Waals surface area contributed by atoms with E-state index in [0.29, 0.717) is 19.4 Å². The first-order chi connectivity index (χ1) is 10.4. The van der Waals surface area contributed by atoms with Crippen molar-refractivity contribution >= 4 is 12.2 Å². The molecule has 1 rings (SSSR count). The Bertz CT molecular complexity index is 425. The van der Waals surface area contributed by atoms with Crippen molar-refractivity contribution in [2.24, 2.45) is 0 Å². The van der Waals surface area contributed by atoms with Gasteiger partial charge in [0, 0.05) is 13.1 Å². The Labute approximate surface area is 138 Å². The molecule has 1 heterocycles. The topological polar surface area (TPSA) is 88.1 Å². The Hall–Kier alpha value is -1.50. The Morgan fingerprint density at radius 3 is 2.22 bits per heavy atom. The predicted octanol–water partition coefficient (Wildman–Crippen LogP) is 2.27. The standard InChI is InChI=1S/C16H30N2O5/c1-15(2,3)22-13(20)17-10-11-9-12(19)7-8-18(11)14(21)23-16(4,5)6/h11-12,19H,7-10H2,1-6H3,(H,17,20). The van der Waals surface area contributed by atoms with Crippen LogP contribution in [0.4, 0.5) is 9.59 Å². The number of rotatable bonds is 2. The van der Waals surface area contributed by atoms with Crippen LogP contribution in [0.1, 0.15) is 54.4 Å². The zero-order valence-corrected chi connectivity index (χ0v) is 15.0. The van der Waals surface area contributed by atoms with Gasteiger partial charge in [0.2, 0.25) is 0 Å². The number of amides is 2. The maximum atomic E-state index is 12.3. The molecule has 0 aliphatic carbocycles. The minimum Gasteiger partial charge on any atom is -0.444 e. The minimum atomic E-state index is -0.587. The maximum absolute atomic E-state index is 12.3. The molecule has 2 atom stereocenters. The van der Waals surface area contributed by atoms with Crippen molar-refractivity contribution < 1.29 is 24.2 Å². The summed E-state index contributed by atoms with van der Waals surface area (Å²) in [5, 5.41) is 12.5. The number of carbonyl (C=O) groups is 2. The van der Waals surface area contributed by atoms with Gasteiger partial charge in [-0.25, -0.2) is 9.59 Å². The van der Waals surface area contributed by atoms with Crippen molar-refractivity contribution in [3.8, 4) is 0 Å². The summed E-state index contributed by atoms with van der Waals surface area (Å²) in [7, 11) is 0. The van der Waals surface area contributed by atoms with Crippen LogP contribution in [0.15, 0.2) is 0 Å². The molecule has 0 saturated carbocycles. The summed E-state index contributed by atoms with van der Waals surface area (Å²) in [6.07, 6.45) is -0.557. The molecule has 23 heavy (non-hydrogen) atoms. The second-order valence-electron chi connectivity index (χ2n) is 7.89. The fraction of sp³-hybridized carbons (Fsp3) is 0.875. The van der Waals surface area contributed by atoms with E-state index in [1.807, 2.05) is 0 Å². The van der Waals surface area contributed by atoms with E-state index in [9.17, 15) is 14.7 Å². The fourth-order valence-electron chi connectivity index (χ4n) is 2.30. The molecule has 2 unspecified atom stereocenters. The van der Waals surface area contributed by atoms with E-state index >= 15 is 0 Å². The lowest BCUT2D eigenvalue weighted by Gasteiger charge is -2.38. The molecule has 134 valence electrons. The third kappa shape index (κ3) is 7.54. The van der Waals surface area contributed by atoms with Gasteiger partial charge in [0.05, 0.1) is 12.1 Å². The second kappa shape index (κ2) is 7.38. The number of nitrogens with zero attached hydrogens (tertiary/aromatic N) is 1. The molecule has 0 aromatic heterocycles. The lowest BCUT2D eigenvalue weighted by molar-refractivity contribution is -0.00886. The number of nitrogens with one attached hydrogen (secondary N) is 1. The monoisotopic (exact) mass is 330 g/mol. The molecule has 1 aliphatic heterocycles. The summed E-state index contributed by atoms with van der Waals surface area (Å²) in [4.78, 5) is 25.6. The highest BCUT2D eigenvalue weighted by molar-refractivity contribution is 5.70. The normalized spacial score (nSPS) is 22.5. The molecule has 0 radical (unpaired) electrons. The predicted molar refractivity (Wildman–Crippen MR) is 86.2 cm³/mol. The van der Waals surface area contributed by atoms with Gasteiger partial charge in [-0.1, -0.05) is 0 Å². The highest BCUT2D eigenvalue weighted by Gasteiger charge is 2.34. The summed E-state index contributed by atoms with van der Waals surface area (Å²) >= 11 is 0. The highest BCUT2D eigenvalue weighted by atomic mass is 16.6. The van der Waals surface area contributed by atoms with Crippen LogP contribution in [0, 0.1) is 0 Å². The average molecular weight is 330 g/mol. The van der Waals surface area contributed by atoms with Crippen molar-refractivity contribution in [2.45, 2.75) is 77.7 Å². The van der Waals surface area contributed by atoms with Gasteiger partial charge < -0.3 is 24.8 Å². The van der Waals surface area contributed by atoms with Crippen LogP contribution in [0.3, 0.4) is 0 Å². The number of aliphatic hydroxyl groups excluding tert-OH is 1. The zero-order chi connectivity index (χ0) is 17.8. The first-order valence-corrected chi connectivity index (χ1v) is 8.02. The van der Waals surface area contributed by atoms with Gasteiger partial charge >= 0.3 is 12.2 Å². The van der Waals surface area contributed by atoms with Crippen LogP contribution >= 0.6 is 0 Å². The summed E-state index contributed by atoms with van der Waals surface area (Å²) in [5.74, 6) is 0. The number of carbonyl (C=O) groups excluding carboxylic acids is 2. The van der Waals surface area contributed by atoms with Crippen LogP contribution in [0.5, 0.6) is 0 Å². The van der Waals surface area contributed by atoms with E-state index in [0.717, 1.165) is 0 Å². The molecule has 1 aliphatic rings. The number of hydrogen-bond acceptors (Lipinski definition) is 5. The quantitative estimate of drug-likeness (QED) is 0.811. The first kappa shape index (κ1) is 19.5. The summed E-state index contributed by atoms with van der Waals surface area (Å²) in [6, 6.07) is -0.318. The molecule has 0 bridgehead atoms. The fourth-order valence-corrected chi connectivity index (χ4v) is 2.30. The zero-order valence-electron chi connectivity index (χ0n) is 15.0. The van der Waals surface area contributed by atoms with Gasteiger partial charge in [-0.05, 0) is 54.4 Å². The van der Waals surface area contributed by atoms with E-state index in [4.69, 9.17) is 9.47 Å². The van der Waals surface area contributed by atoms with Crippen molar-refractivity contribution in [1.29, 1.82) is 0 Å². The van der Waals surface area contributed by atoms with Crippen molar-refractivity contribution in [1.82, 2.24) is 10.2 Å². The van der Waals surface area contributed by atoms with Crippen LogP contribution < -0.4 is 5.32 Å². The van der Waals surface area contributed by atoms with E-state index in [-0.39, 0.29) is 12.6 Å². The van der Waals surface area contributed by atoms with E-state index in [1.54, 1.807) is 46.4 Å². The van der Waals surface area contributed by atoms with Gasteiger partial charge in [0.15, 0.2) is 0 Å². The number of aliphatic hydroxyl groups is 1. The van der Waals surface area contributed by atoms with Crippen LogP contribution in [0.2, 0.25) is 0 Å². The van der Waals surface area contributed by atoms with Gasteiger partial charge in [0.1, 0.15) is 11.2 Å². The largest absolute Gasteiger partial charge is 0.444 e. The lowest BCUT2D eigenvalue weighted by atomic mass is 10.00. The Morgan fingerprint density at radius 1 is 1.13 bits per heavy atom. The summed E-state index contributed by atoms with van der Waals surface area (Å²) in [5.41, 5.74) is -1.17. The van der Waals surface area contributed by atoms with Crippen LogP contribution in [-0.2, 0) is 9.47 Å². The second-order valence-corrected chi connectivity index (χ2v) is 7.89. The molecule has 0 aromatic carbocycles. The van der Waals surface area contributed by atoms with Crippen LogP contribution in [-0.4, -0.2) is 58.6 Å². The van der Waals surface area contributed by atoms with E-state index in [1.165, 1.54) is 0 Å². The van der Waals surface area contributed by atoms with E-state index < -0.39 is 29.5 Å². The molecule has 0 spiro atoms. The molecule has 1 saturated heterocycles. The molecular weight excluding hydrogens is 300 g/mol. The van der Waals surface area contributed by atoms with Crippen molar-refractivity contribution in [3.63, 3.8) is 0 Å². The molecule has 2 amide bonds. The summed E-state index contributed by atoms with van der Waals surface area (Å²) in [6.45, 7) is 11.4. The van der Waals surface area contributed by atoms with Gasteiger partial charge in [0.25, 0.3) is 0 Å². The van der Waals surface area contributed by atoms with Gasteiger partial charge in [-0.2, -0.15) is 0 Å². The lowest BCUT2D eigenvalue weighted by Crippen LogP contribution is -2.53. The third-order valence-electron chi connectivity index (χ3n) is 3.20. The number of likely N-dealkylation sites (tertiary alicyclic amines) is 1. The highest BCUT2D eigenvalue weighted by Crippen LogP contribution is 2.20. The van der Waals surface area contributed by atoms with Crippen molar-refractivity contribution in [3.05, 3.63) is 0 Å². The molecule has 0 aromatic rings. The third-order valence-corrected chi connectivity index (χ3v) is 3.20. The van der Waals surface area contributed by atoms with Gasteiger partial charge in [-0.3, -0.25) is 0 Å². The smallest absolute Gasteiger partial charge is 0.410 e. The molecule has 2 N–H and O–H groups in total. The average Bonchev–Trinajstić information content (AvgIpc) is 2.32. The molecule has 7 nitrogen and oxygen atoms in total. The molecular formula is C16H30N2O5. The van der Waals surface area contributed by atoms with Gasteiger partial charge in [-0.15, -0.1) is 0 Å².